The first-order chi connectivity index (χ1) is 10.1. The molecule has 2 rings (SSSR count). The molecule has 0 aliphatic heterocycles. The molecule has 6 heteroatoms. The van der Waals surface area contributed by atoms with Crippen LogP contribution >= 0.6 is 0 Å². The fraction of sp³-hybridized carbons (Fsp3) is 0.400. The molecule has 112 valence electrons. The summed E-state index contributed by atoms with van der Waals surface area (Å²) in [5.41, 5.74) is 2.21. The molecule has 0 atom stereocenters. The molecule has 0 saturated heterocycles. The van der Waals surface area contributed by atoms with Crippen LogP contribution in [0.4, 0.5) is 5.95 Å². The van der Waals surface area contributed by atoms with Crippen molar-refractivity contribution in [3.63, 3.8) is 0 Å². The Morgan fingerprint density at radius 1 is 1.05 bits per heavy atom. The fourth-order valence-corrected chi connectivity index (χ4v) is 1.75. The molecule has 0 fully saturated rings. The van der Waals surface area contributed by atoms with Crippen LogP contribution in [0, 0.1) is 13.8 Å². The minimum Gasteiger partial charge on any atom is -0.464 e. The second kappa shape index (κ2) is 6.88. The van der Waals surface area contributed by atoms with Crippen molar-refractivity contribution in [3.05, 3.63) is 29.3 Å². The smallest absolute Gasteiger partial charge is 0.330 e. The minimum absolute atomic E-state index is 0.220. The zero-order chi connectivity index (χ0) is 15.2. The van der Waals surface area contributed by atoms with E-state index in [1.165, 1.54) is 0 Å². The number of anilines is 1. The number of hydrogen-bond donors (Lipinski definition) is 1. The number of ether oxygens (including phenoxy) is 2. The number of nitrogens with one attached hydrogen (secondary N) is 1. The highest BCUT2D eigenvalue weighted by Gasteiger charge is 2.10. The number of hydrogen-bond acceptors (Lipinski definition) is 6. The normalized spacial score (nSPS) is 10.3. The Balaban J connectivity index is 2.31. The van der Waals surface area contributed by atoms with Gasteiger partial charge in [-0.2, -0.15) is 9.97 Å². The summed E-state index contributed by atoms with van der Waals surface area (Å²) >= 11 is 0. The van der Waals surface area contributed by atoms with E-state index >= 15 is 0 Å². The van der Waals surface area contributed by atoms with Crippen molar-refractivity contribution >= 4 is 5.95 Å². The molecule has 0 saturated carbocycles. The molecule has 1 aromatic heterocycles. The fourth-order valence-electron chi connectivity index (χ4n) is 1.75. The lowest BCUT2D eigenvalue weighted by Gasteiger charge is -2.11. The maximum Gasteiger partial charge on any atom is 0.330 e. The van der Waals surface area contributed by atoms with Crippen LogP contribution in [-0.2, 0) is 0 Å². The van der Waals surface area contributed by atoms with E-state index in [0.29, 0.717) is 19.1 Å². The summed E-state index contributed by atoms with van der Waals surface area (Å²) in [6.45, 7) is 9.07. The van der Waals surface area contributed by atoms with Crippen molar-refractivity contribution < 1.29 is 9.47 Å². The third-order valence-corrected chi connectivity index (χ3v) is 2.96. The number of benzene rings is 1. The zero-order valence-corrected chi connectivity index (χ0v) is 12.8. The first-order valence-corrected chi connectivity index (χ1v) is 7.00. The Morgan fingerprint density at radius 2 is 1.81 bits per heavy atom. The average Bonchev–Trinajstić information content (AvgIpc) is 2.44. The zero-order valence-electron chi connectivity index (χ0n) is 12.8. The quantitative estimate of drug-likeness (QED) is 0.880. The molecular formula is C15H20N4O2. The van der Waals surface area contributed by atoms with Crippen molar-refractivity contribution in [2.24, 2.45) is 0 Å². The number of aryl methyl sites for hydroxylation is 1. The first-order valence-electron chi connectivity index (χ1n) is 7.00. The lowest BCUT2D eigenvalue weighted by molar-refractivity contribution is 0.303. The van der Waals surface area contributed by atoms with E-state index in [4.69, 9.17) is 9.47 Å². The predicted octanol–water partition coefficient (Wildman–Crippen LogP) is 3.11. The summed E-state index contributed by atoms with van der Waals surface area (Å²) in [6, 6.07) is 6.33. The standard InChI is InChI=1S/C15H20N4O2/c1-5-16-13-17-14(20-6-2)19-15(18-13)21-12-9-7-8-10(3)11(12)4/h7-9H,5-6H2,1-4H3,(H,16,17,18,19). The largest absolute Gasteiger partial charge is 0.464 e. The van der Waals surface area contributed by atoms with E-state index in [9.17, 15) is 0 Å². The highest BCUT2D eigenvalue weighted by Crippen LogP contribution is 2.25. The molecule has 0 radical (unpaired) electrons. The maximum atomic E-state index is 5.78. The topological polar surface area (TPSA) is 69.2 Å². The number of rotatable bonds is 6. The Labute approximate surface area is 124 Å². The van der Waals surface area contributed by atoms with E-state index in [-0.39, 0.29) is 12.0 Å². The predicted molar refractivity (Wildman–Crippen MR) is 81.1 cm³/mol. The molecule has 0 unspecified atom stereocenters. The SMILES string of the molecule is CCNc1nc(OCC)nc(Oc2cccc(C)c2C)n1. The van der Waals surface area contributed by atoms with Crippen LogP contribution in [0.15, 0.2) is 18.2 Å². The molecule has 1 aromatic carbocycles. The van der Waals surface area contributed by atoms with Gasteiger partial charge in [0.15, 0.2) is 0 Å². The highest BCUT2D eigenvalue weighted by atomic mass is 16.5. The number of aromatic nitrogens is 3. The van der Waals surface area contributed by atoms with Crippen LogP contribution in [0.3, 0.4) is 0 Å². The second-order valence-electron chi connectivity index (χ2n) is 4.49. The van der Waals surface area contributed by atoms with E-state index in [0.717, 1.165) is 16.9 Å². The van der Waals surface area contributed by atoms with Crippen molar-refractivity contribution in [2.45, 2.75) is 27.7 Å². The Kier molecular flexibility index (Phi) is 4.92. The summed E-state index contributed by atoms with van der Waals surface area (Å²) in [5, 5.41) is 3.04. The minimum atomic E-state index is 0.220. The summed E-state index contributed by atoms with van der Waals surface area (Å²) in [5.74, 6) is 1.17. The molecule has 6 nitrogen and oxygen atoms in total. The lowest BCUT2D eigenvalue weighted by Crippen LogP contribution is -2.07. The third-order valence-electron chi connectivity index (χ3n) is 2.96. The summed E-state index contributed by atoms with van der Waals surface area (Å²) in [6.07, 6.45) is 0. The summed E-state index contributed by atoms with van der Waals surface area (Å²) in [7, 11) is 0. The van der Waals surface area contributed by atoms with Gasteiger partial charge in [0.1, 0.15) is 5.75 Å². The molecule has 1 heterocycles. The van der Waals surface area contributed by atoms with Gasteiger partial charge < -0.3 is 14.8 Å². The monoisotopic (exact) mass is 288 g/mol. The van der Waals surface area contributed by atoms with Gasteiger partial charge in [-0.3, -0.25) is 0 Å². The van der Waals surface area contributed by atoms with Gasteiger partial charge in [0.05, 0.1) is 6.61 Å². The van der Waals surface area contributed by atoms with Gasteiger partial charge >= 0.3 is 12.0 Å². The third kappa shape index (κ3) is 3.81. The van der Waals surface area contributed by atoms with Gasteiger partial charge in [0, 0.05) is 6.54 Å². The molecule has 1 N–H and O–H groups in total. The lowest BCUT2D eigenvalue weighted by atomic mass is 10.1. The van der Waals surface area contributed by atoms with E-state index in [1.807, 2.05) is 45.9 Å². The van der Waals surface area contributed by atoms with Gasteiger partial charge in [-0.25, -0.2) is 0 Å². The van der Waals surface area contributed by atoms with Gasteiger partial charge in [-0.05, 0) is 44.9 Å². The van der Waals surface area contributed by atoms with Crippen LogP contribution in [-0.4, -0.2) is 28.1 Å². The molecule has 0 aliphatic rings. The van der Waals surface area contributed by atoms with Crippen LogP contribution in [0.25, 0.3) is 0 Å². The second-order valence-corrected chi connectivity index (χ2v) is 4.49. The molecule has 0 amide bonds. The first kappa shape index (κ1) is 15.0. The van der Waals surface area contributed by atoms with E-state index < -0.39 is 0 Å². The van der Waals surface area contributed by atoms with Crippen LogP contribution in [0.2, 0.25) is 0 Å². The van der Waals surface area contributed by atoms with Crippen LogP contribution < -0.4 is 14.8 Å². The number of nitrogens with zero attached hydrogens (tertiary/aromatic N) is 3. The summed E-state index contributed by atoms with van der Waals surface area (Å²) < 4.78 is 11.1. The molecule has 0 aliphatic carbocycles. The Morgan fingerprint density at radius 3 is 2.52 bits per heavy atom. The van der Waals surface area contributed by atoms with Crippen LogP contribution in [0.5, 0.6) is 17.8 Å². The van der Waals surface area contributed by atoms with Gasteiger partial charge in [0.2, 0.25) is 5.95 Å². The average molecular weight is 288 g/mol. The molecule has 0 bridgehead atoms. The molecule has 0 spiro atoms. The van der Waals surface area contributed by atoms with Crippen molar-refractivity contribution in [2.75, 3.05) is 18.5 Å². The van der Waals surface area contributed by atoms with Crippen molar-refractivity contribution in [3.8, 4) is 17.8 Å². The highest BCUT2D eigenvalue weighted by molar-refractivity contribution is 5.40. The molecule has 21 heavy (non-hydrogen) atoms. The van der Waals surface area contributed by atoms with Gasteiger partial charge in [0.25, 0.3) is 0 Å². The van der Waals surface area contributed by atoms with E-state index in [2.05, 4.69) is 20.3 Å². The van der Waals surface area contributed by atoms with Crippen molar-refractivity contribution in [1.82, 2.24) is 15.0 Å². The van der Waals surface area contributed by atoms with Crippen molar-refractivity contribution in [1.29, 1.82) is 0 Å². The Hall–Kier alpha value is -2.37. The van der Waals surface area contributed by atoms with Crippen LogP contribution in [0.1, 0.15) is 25.0 Å². The Bertz CT molecular complexity index is 592. The molecular weight excluding hydrogens is 268 g/mol. The van der Waals surface area contributed by atoms with Gasteiger partial charge in [-0.15, -0.1) is 4.98 Å². The maximum absolute atomic E-state index is 5.78. The van der Waals surface area contributed by atoms with E-state index in [1.54, 1.807) is 0 Å². The molecule has 2 aromatic rings. The van der Waals surface area contributed by atoms with Gasteiger partial charge in [-0.1, -0.05) is 12.1 Å². The summed E-state index contributed by atoms with van der Waals surface area (Å²) in [4.78, 5) is 12.6.